The Kier molecular flexibility index (Phi) is 3.82. The topological polar surface area (TPSA) is 0 Å². The second kappa shape index (κ2) is 5.34. The lowest BCUT2D eigenvalue weighted by molar-refractivity contribution is 0.234. The molecule has 0 N–H and O–H groups in total. The molecule has 0 heterocycles. The fourth-order valence-corrected chi connectivity index (χ4v) is 2.70. The van der Waals surface area contributed by atoms with Gasteiger partial charge in [-0.25, -0.2) is 0 Å². The molecule has 0 radical (unpaired) electrons. The van der Waals surface area contributed by atoms with Crippen LogP contribution in [0.4, 0.5) is 0 Å². The van der Waals surface area contributed by atoms with Crippen LogP contribution in [0.25, 0.3) is 6.08 Å². The van der Waals surface area contributed by atoms with Crippen LogP contribution in [0.3, 0.4) is 0 Å². The van der Waals surface area contributed by atoms with Crippen LogP contribution in [0.2, 0.25) is 0 Å². The van der Waals surface area contributed by atoms with Gasteiger partial charge in [-0.15, -0.1) is 0 Å². The van der Waals surface area contributed by atoms with Crippen molar-refractivity contribution >= 4 is 6.08 Å². The van der Waals surface area contributed by atoms with E-state index in [0.717, 1.165) is 11.8 Å². The van der Waals surface area contributed by atoms with Crippen molar-refractivity contribution in [2.75, 3.05) is 0 Å². The van der Waals surface area contributed by atoms with Crippen LogP contribution >= 0.6 is 0 Å². The Balaban J connectivity index is 1.98. The summed E-state index contributed by atoms with van der Waals surface area (Å²) in [5, 5.41) is 0. The summed E-state index contributed by atoms with van der Waals surface area (Å²) in [4.78, 5) is 0. The summed E-state index contributed by atoms with van der Waals surface area (Å²) >= 11 is 0. The second-order valence-electron chi connectivity index (χ2n) is 4.96. The van der Waals surface area contributed by atoms with Gasteiger partial charge in [-0.05, 0) is 42.2 Å². The largest absolute Gasteiger partial charge is 0.0985 e. The van der Waals surface area contributed by atoms with Gasteiger partial charge < -0.3 is 0 Å². The molecule has 0 aliphatic heterocycles. The first kappa shape index (κ1) is 11.4. The van der Waals surface area contributed by atoms with Crippen molar-refractivity contribution in [1.29, 1.82) is 0 Å². The van der Waals surface area contributed by atoms with E-state index in [1.807, 2.05) is 6.08 Å². The van der Waals surface area contributed by atoms with Crippen LogP contribution in [0.15, 0.2) is 30.8 Å². The molecule has 0 heteroatoms. The minimum Gasteiger partial charge on any atom is -0.0985 e. The molecule has 2 atom stereocenters. The third-order valence-electron chi connectivity index (χ3n) is 3.95. The highest BCUT2D eigenvalue weighted by Crippen LogP contribution is 2.45. The Bertz CT molecular complexity index is 334. The first-order valence-electron chi connectivity index (χ1n) is 6.57. The van der Waals surface area contributed by atoms with Crippen molar-refractivity contribution in [2.45, 2.75) is 44.9 Å². The van der Waals surface area contributed by atoms with Crippen LogP contribution in [-0.2, 0) is 0 Å². The van der Waals surface area contributed by atoms with E-state index in [4.69, 9.17) is 0 Å². The summed E-state index contributed by atoms with van der Waals surface area (Å²) in [6.45, 7) is 6.08. The molecule has 0 spiro atoms. The lowest BCUT2D eigenvalue weighted by atomic mass is 9.68. The van der Waals surface area contributed by atoms with Crippen LogP contribution in [0.1, 0.15) is 56.1 Å². The highest BCUT2D eigenvalue weighted by Gasteiger charge is 2.30. The Morgan fingerprint density at radius 2 is 2.00 bits per heavy atom. The predicted molar refractivity (Wildman–Crippen MR) is 71.5 cm³/mol. The molecule has 0 amide bonds. The first-order chi connectivity index (χ1) is 7.85. The van der Waals surface area contributed by atoms with Crippen LogP contribution in [0, 0.1) is 5.92 Å². The molecule has 16 heavy (non-hydrogen) atoms. The molecule has 1 aromatic rings. The van der Waals surface area contributed by atoms with Gasteiger partial charge in [0.25, 0.3) is 0 Å². The summed E-state index contributed by atoms with van der Waals surface area (Å²) in [7, 11) is 0. The summed E-state index contributed by atoms with van der Waals surface area (Å²) < 4.78 is 0. The van der Waals surface area contributed by atoms with E-state index in [2.05, 4.69) is 37.8 Å². The van der Waals surface area contributed by atoms with Gasteiger partial charge in [-0.1, -0.05) is 56.7 Å². The van der Waals surface area contributed by atoms with E-state index in [-0.39, 0.29) is 0 Å². The Hall–Kier alpha value is -1.04. The van der Waals surface area contributed by atoms with E-state index < -0.39 is 0 Å². The highest BCUT2D eigenvalue weighted by molar-refractivity contribution is 5.47. The standard InChI is InChI=1S/C16H22/c1-3-5-6-14-11-12-16(14)15-9-7-13(4-2)8-10-15/h4,7-10,14,16H,2-3,5-6,11-12H2,1H3. The molecule has 2 rings (SSSR count). The Labute approximate surface area is 99.4 Å². The highest BCUT2D eigenvalue weighted by atomic mass is 14.4. The average Bonchev–Trinajstić information content (AvgIpc) is 2.29. The van der Waals surface area contributed by atoms with Gasteiger partial charge in [0.05, 0.1) is 0 Å². The average molecular weight is 214 g/mol. The maximum atomic E-state index is 3.80. The number of rotatable bonds is 5. The van der Waals surface area contributed by atoms with Crippen molar-refractivity contribution in [1.82, 2.24) is 0 Å². The minimum atomic E-state index is 0.838. The van der Waals surface area contributed by atoms with Crippen molar-refractivity contribution in [2.24, 2.45) is 5.92 Å². The first-order valence-corrected chi connectivity index (χ1v) is 6.57. The SMILES string of the molecule is C=Cc1ccc(C2CCC2CCCC)cc1. The number of hydrogen-bond acceptors (Lipinski definition) is 0. The molecular formula is C16H22. The molecule has 0 saturated heterocycles. The molecule has 1 fully saturated rings. The Morgan fingerprint density at radius 3 is 2.50 bits per heavy atom. The lowest BCUT2D eigenvalue weighted by Gasteiger charge is -2.37. The third kappa shape index (κ3) is 2.37. The molecule has 1 aromatic carbocycles. The van der Waals surface area contributed by atoms with Crippen molar-refractivity contribution < 1.29 is 0 Å². The van der Waals surface area contributed by atoms with Crippen LogP contribution in [0.5, 0.6) is 0 Å². The zero-order valence-corrected chi connectivity index (χ0v) is 10.3. The second-order valence-corrected chi connectivity index (χ2v) is 4.96. The van der Waals surface area contributed by atoms with E-state index in [1.54, 1.807) is 0 Å². The van der Waals surface area contributed by atoms with Gasteiger partial charge in [0.2, 0.25) is 0 Å². The number of benzene rings is 1. The molecule has 2 unspecified atom stereocenters. The van der Waals surface area contributed by atoms with Crippen molar-refractivity contribution in [3.8, 4) is 0 Å². The summed E-state index contributed by atoms with van der Waals surface area (Å²) in [6.07, 6.45) is 8.89. The molecule has 0 aromatic heterocycles. The fraction of sp³-hybridized carbons (Fsp3) is 0.500. The van der Waals surface area contributed by atoms with Crippen molar-refractivity contribution in [3.63, 3.8) is 0 Å². The van der Waals surface area contributed by atoms with E-state index in [1.165, 1.54) is 43.2 Å². The third-order valence-corrected chi connectivity index (χ3v) is 3.95. The molecule has 0 bridgehead atoms. The van der Waals surface area contributed by atoms with Gasteiger partial charge in [-0.3, -0.25) is 0 Å². The number of hydrogen-bond donors (Lipinski definition) is 0. The molecule has 1 saturated carbocycles. The maximum Gasteiger partial charge on any atom is -0.0133 e. The van der Waals surface area contributed by atoms with Crippen LogP contribution < -0.4 is 0 Å². The molecule has 0 nitrogen and oxygen atoms in total. The van der Waals surface area contributed by atoms with Gasteiger partial charge in [0.1, 0.15) is 0 Å². The van der Waals surface area contributed by atoms with Gasteiger partial charge >= 0.3 is 0 Å². The van der Waals surface area contributed by atoms with E-state index >= 15 is 0 Å². The lowest BCUT2D eigenvalue weighted by Crippen LogP contribution is -2.23. The normalized spacial score (nSPS) is 23.8. The minimum absolute atomic E-state index is 0.838. The fourth-order valence-electron chi connectivity index (χ4n) is 2.70. The maximum absolute atomic E-state index is 3.80. The summed E-state index contributed by atoms with van der Waals surface area (Å²) in [5.74, 6) is 1.79. The zero-order chi connectivity index (χ0) is 11.4. The van der Waals surface area contributed by atoms with Gasteiger partial charge in [-0.2, -0.15) is 0 Å². The summed E-state index contributed by atoms with van der Waals surface area (Å²) in [5.41, 5.74) is 2.77. The predicted octanol–water partition coefficient (Wildman–Crippen LogP) is 5.01. The zero-order valence-electron chi connectivity index (χ0n) is 10.3. The number of unbranched alkanes of at least 4 members (excludes halogenated alkanes) is 1. The van der Waals surface area contributed by atoms with E-state index in [9.17, 15) is 0 Å². The quantitative estimate of drug-likeness (QED) is 0.646. The molecular weight excluding hydrogens is 192 g/mol. The van der Waals surface area contributed by atoms with Gasteiger partial charge in [0.15, 0.2) is 0 Å². The monoisotopic (exact) mass is 214 g/mol. The van der Waals surface area contributed by atoms with Crippen LogP contribution in [-0.4, -0.2) is 0 Å². The molecule has 1 aliphatic rings. The van der Waals surface area contributed by atoms with Crippen molar-refractivity contribution in [3.05, 3.63) is 42.0 Å². The summed E-state index contributed by atoms with van der Waals surface area (Å²) in [6, 6.07) is 8.97. The molecule has 86 valence electrons. The van der Waals surface area contributed by atoms with E-state index in [0.29, 0.717) is 0 Å². The molecule has 1 aliphatic carbocycles. The Morgan fingerprint density at radius 1 is 1.25 bits per heavy atom. The van der Waals surface area contributed by atoms with Gasteiger partial charge in [0, 0.05) is 0 Å². The smallest absolute Gasteiger partial charge is 0.0133 e.